The first-order valence-corrected chi connectivity index (χ1v) is 8.07. The second kappa shape index (κ2) is 6.85. The van der Waals surface area contributed by atoms with Crippen molar-refractivity contribution in [3.8, 4) is 0 Å². The smallest absolute Gasteiger partial charge is 0.129 e. The highest BCUT2D eigenvalue weighted by molar-refractivity contribution is 9.10. The van der Waals surface area contributed by atoms with Gasteiger partial charge < -0.3 is 5.32 Å². The van der Waals surface area contributed by atoms with Gasteiger partial charge in [0.2, 0.25) is 0 Å². The van der Waals surface area contributed by atoms with E-state index < -0.39 is 0 Å². The number of benzene rings is 1. The molecule has 3 heteroatoms. The Bertz CT molecular complexity index is 413. The fourth-order valence-electron chi connectivity index (χ4n) is 3.33. The second-order valence-electron chi connectivity index (χ2n) is 5.62. The van der Waals surface area contributed by atoms with Gasteiger partial charge in [0.1, 0.15) is 5.82 Å². The quantitative estimate of drug-likeness (QED) is 0.814. The number of hydrogen-bond acceptors (Lipinski definition) is 1. The van der Waals surface area contributed by atoms with Crippen LogP contribution in [0.4, 0.5) is 4.39 Å². The Morgan fingerprint density at radius 3 is 2.53 bits per heavy atom. The summed E-state index contributed by atoms with van der Waals surface area (Å²) in [4.78, 5) is 0. The van der Waals surface area contributed by atoms with Crippen molar-refractivity contribution in [2.45, 2.75) is 45.1 Å². The Kier molecular flexibility index (Phi) is 5.40. The summed E-state index contributed by atoms with van der Waals surface area (Å²) in [6.07, 6.45) is 6.28. The molecule has 0 aromatic heterocycles. The standard InChI is InChI=1S/C16H23BrFN/c1-3-11-4-6-12(7-5-11)16(19-2)14-9-8-13(17)10-15(14)18/h8-12,16,19H,3-7H2,1-2H3. The summed E-state index contributed by atoms with van der Waals surface area (Å²) in [5.41, 5.74) is 0.811. The lowest BCUT2D eigenvalue weighted by Gasteiger charge is -2.34. The first-order valence-electron chi connectivity index (χ1n) is 7.28. The molecule has 0 bridgehead atoms. The molecule has 1 unspecified atom stereocenters. The van der Waals surface area contributed by atoms with Crippen LogP contribution in [0.5, 0.6) is 0 Å². The Hall–Kier alpha value is -0.410. The van der Waals surface area contributed by atoms with Crippen molar-refractivity contribution in [1.29, 1.82) is 0 Å². The third-order valence-corrected chi connectivity index (χ3v) is 5.04. The molecule has 1 atom stereocenters. The molecule has 19 heavy (non-hydrogen) atoms. The molecule has 0 amide bonds. The third kappa shape index (κ3) is 3.57. The van der Waals surface area contributed by atoms with Gasteiger partial charge in [0.25, 0.3) is 0 Å². The molecule has 1 aliphatic rings. The van der Waals surface area contributed by atoms with Crippen LogP contribution in [0.2, 0.25) is 0 Å². The van der Waals surface area contributed by atoms with Crippen molar-refractivity contribution in [2.24, 2.45) is 11.8 Å². The summed E-state index contributed by atoms with van der Waals surface area (Å²) < 4.78 is 14.9. The third-order valence-electron chi connectivity index (χ3n) is 4.55. The maximum Gasteiger partial charge on any atom is 0.129 e. The number of nitrogens with one attached hydrogen (secondary N) is 1. The maximum absolute atomic E-state index is 14.1. The van der Waals surface area contributed by atoms with Gasteiger partial charge in [-0.15, -0.1) is 0 Å². The van der Waals surface area contributed by atoms with E-state index in [4.69, 9.17) is 0 Å². The molecular weight excluding hydrogens is 305 g/mol. The zero-order valence-corrected chi connectivity index (χ0v) is 13.3. The van der Waals surface area contributed by atoms with Crippen molar-refractivity contribution in [2.75, 3.05) is 7.05 Å². The Morgan fingerprint density at radius 1 is 1.32 bits per heavy atom. The molecule has 0 radical (unpaired) electrons. The minimum absolute atomic E-state index is 0.105. The summed E-state index contributed by atoms with van der Waals surface area (Å²) in [6, 6.07) is 5.55. The van der Waals surface area contributed by atoms with Crippen LogP contribution in [0, 0.1) is 17.7 Å². The van der Waals surface area contributed by atoms with Crippen molar-refractivity contribution >= 4 is 15.9 Å². The minimum Gasteiger partial charge on any atom is -0.313 e. The molecule has 1 nitrogen and oxygen atoms in total. The molecule has 1 aromatic carbocycles. The molecule has 0 spiro atoms. The molecular formula is C16H23BrFN. The monoisotopic (exact) mass is 327 g/mol. The summed E-state index contributed by atoms with van der Waals surface area (Å²) in [5.74, 6) is 1.33. The van der Waals surface area contributed by atoms with Crippen molar-refractivity contribution < 1.29 is 4.39 Å². The highest BCUT2D eigenvalue weighted by Crippen LogP contribution is 2.38. The Morgan fingerprint density at radius 2 is 2.00 bits per heavy atom. The van der Waals surface area contributed by atoms with Crippen molar-refractivity contribution in [3.63, 3.8) is 0 Å². The summed E-state index contributed by atoms with van der Waals surface area (Å²) in [5, 5.41) is 3.33. The Labute approximate surface area is 124 Å². The topological polar surface area (TPSA) is 12.0 Å². The fourth-order valence-corrected chi connectivity index (χ4v) is 3.66. The average Bonchev–Trinajstić information content (AvgIpc) is 2.42. The van der Waals surface area contributed by atoms with E-state index in [2.05, 4.69) is 28.2 Å². The largest absolute Gasteiger partial charge is 0.313 e. The molecule has 1 saturated carbocycles. The molecule has 0 saturated heterocycles. The Balaban J connectivity index is 2.12. The van der Waals surface area contributed by atoms with E-state index in [1.54, 1.807) is 6.07 Å². The van der Waals surface area contributed by atoms with Gasteiger partial charge >= 0.3 is 0 Å². The van der Waals surface area contributed by atoms with Crippen molar-refractivity contribution in [1.82, 2.24) is 5.32 Å². The van der Waals surface area contributed by atoms with Gasteiger partial charge in [0, 0.05) is 16.1 Å². The molecule has 1 aliphatic carbocycles. The molecule has 0 heterocycles. The lowest BCUT2D eigenvalue weighted by molar-refractivity contribution is 0.221. The van der Waals surface area contributed by atoms with Crippen LogP contribution in [0.3, 0.4) is 0 Å². The average molecular weight is 328 g/mol. The van der Waals surface area contributed by atoms with Gasteiger partial charge in [-0.25, -0.2) is 4.39 Å². The molecule has 1 N–H and O–H groups in total. The van der Waals surface area contributed by atoms with Gasteiger partial charge in [0.05, 0.1) is 0 Å². The van der Waals surface area contributed by atoms with E-state index in [1.807, 2.05) is 19.2 Å². The first kappa shape index (κ1) is 15.0. The highest BCUT2D eigenvalue weighted by Gasteiger charge is 2.28. The number of hydrogen-bond donors (Lipinski definition) is 1. The van der Waals surface area contributed by atoms with Crippen molar-refractivity contribution in [3.05, 3.63) is 34.1 Å². The molecule has 1 fully saturated rings. The van der Waals surface area contributed by atoms with Crippen LogP contribution in [-0.4, -0.2) is 7.05 Å². The van der Waals surface area contributed by atoms with Gasteiger partial charge in [-0.3, -0.25) is 0 Å². The maximum atomic E-state index is 14.1. The number of rotatable bonds is 4. The number of halogens is 2. The summed E-state index contributed by atoms with van der Waals surface area (Å²) >= 11 is 3.32. The molecule has 106 valence electrons. The van der Waals surface area contributed by atoms with Crippen LogP contribution in [0.25, 0.3) is 0 Å². The zero-order valence-electron chi connectivity index (χ0n) is 11.8. The normalized spacial score (nSPS) is 25.3. The predicted molar refractivity (Wildman–Crippen MR) is 81.6 cm³/mol. The first-order chi connectivity index (χ1) is 9.15. The van der Waals surface area contributed by atoms with Crippen LogP contribution in [0.1, 0.15) is 50.6 Å². The van der Waals surface area contributed by atoms with E-state index in [9.17, 15) is 4.39 Å². The highest BCUT2D eigenvalue weighted by atomic mass is 79.9. The van der Waals surface area contributed by atoms with Gasteiger partial charge in [0.15, 0.2) is 0 Å². The summed E-state index contributed by atoms with van der Waals surface area (Å²) in [7, 11) is 1.94. The van der Waals surface area contributed by atoms with Crippen LogP contribution < -0.4 is 5.32 Å². The lowest BCUT2D eigenvalue weighted by Crippen LogP contribution is -2.29. The van der Waals surface area contributed by atoms with E-state index >= 15 is 0 Å². The molecule has 0 aliphatic heterocycles. The van der Waals surface area contributed by atoms with Gasteiger partial charge in [-0.05, 0) is 43.9 Å². The van der Waals surface area contributed by atoms with Gasteiger partial charge in [-0.2, -0.15) is 0 Å². The fraction of sp³-hybridized carbons (Fsp3) is 0.625. The van der Waals surface area contributed by atoms with Crippen LogP contribution in [-0.2, 0) is 0 Å². The summed E-state index contributed by atoms with van der Waals surface area (Å²) in [6.45, 7) is 2.27. The van der Waals surface area contributed by atoms with E-state index in [0.717, 1.165) is 16.0 Å². The lowest BCUT2D eigenvalue weighted by atomic mass is 9.76. The SMILES string of the molecule is CCC1CCC(C(NC)c2ccc(Br)cc2F)CC1. The van der Waals surface area contributed by atoms with E-state index in [0.29, 0.717) is 5.92 Å². The van der Waals surface area contributed by atoms with Gasteiger partial charge in [-0.1, -0.05) is 48.2 Å². The van der Waals surface area contributed by atoms with E-state index in [-0.39, 0.29) is 11.9 Å². The molecule has 2 rings (SSSR count). The molecule has 1 aromatic rings. The van der Waals surface area contributed by atoms with Crippen LogP contribution >= 0.6 is 15.9 Å². The predicted octanol–water partition coefficient (Wildman–Crippen LogP) is 5.07. The second-order valence-corrected chi connectivity index (χ2v) is 6.54. The minimum atomic E-state index is -0.105. The van der Waals surface area contributed by atoms with E-state index in [1.165, 1.54) is 32.1 Å². The van der Waals surface area contributed by atoms with Crippen LogP contribution in [0.15, 0.2) is 22.7 Å². The zero-order chi connectivity index (χ0) is 13.8.